The average molecular weight is 534 g/mol. The molecule has 0 heterocycles. The van der Waals surface area contributed by atoms with Crippen LogP contribution in [0.3, 0.4) is 0 Å². The highest BCUT2D eigenvalue weighted by molar-refractivity contribution is 7.92. The molecule has 0 bridgehead atoms. The largest absolute Gasteiger partial charge is 0.501 e. The van der Waals surface area contributed by atoms with Crippen LogP contribution in [0.15, 0.2) is 28.0 Å². The highest BCUT2D eigenvalue weighted by Gasteiger charge is 2.48. The van der Waals surface area contributed by atoms with Crippen LogP contribution in [0.1, 0.15) is 27.2 Å². The average Bonchev–Trinajstić information content (AvgIpc) is 2.62. The number of sulfonamides is 1. The summed E-state index contributed by atoms with van der Waals surface area (Å²) in [5.41, 5.74) is -5.94. The first kappa shape index (κ1) is 29.8. The molecule has 14 heteroatoms. The standard InChI is InChI=1S/C19H34F3N3O5S2Si/c1-18(2,3)33(5,6)30-13-12-25(4)11-7-10-24-16-9-8-15(32(23,28)29)14-17(16)31(26,27)19(20,21)22/h8-9,14,24H,7,10-13H2,1-6H3,(H2,23,28,29). The smallest absolute Gasteiger partial charge is 0.416 e. The molecule has 0 saturated carbocycles. The lowest BCUT2D eigenvalue weighted by molar-refractivity contribution is -0.0435. The van der Waals surface area contributed by atoms with Gasteiger partial charge in [0.15, 0.2) is 8.32 Å². The molecule has 0 spiro atoms. The van der Waals surface area contributed by atoms with Crippen LogP contribution in [0.4, 0.5) is 18.9 Å². The van der Waals surface area contributed by atoms with E-state index in [1.807, 2.05) is 11.9 Å². The van der Waals surface area contributed by atoms with Crippen LogP contribution in [0.25, 0.3) is 0 Å². The molecule has 0 unspecified atom stereocenters. The summed E-state index contributed by atoms with van der Waals surface area (Å²) in [4.78, 5) is 0.0988. The lowest BCUT2D eigenvalue weighted by Crippen LogP contribution is -2.42. The number of rotatable bonds is 11. The van der Waals surface area contributed by atoms with Crippen molar-refractivity contribution < 1.29 is 34.4 Å². The van der Waals surface area contributed by atoms with Crippen molar-refractivity contribution >= 4 is 33.9 Å². The number of nitrogens with zero attached hydrogens (tertiary/aromatic N) is 1. The fraction of sp³-hybridized carbons (Fsp3) is 0.684. The summed E-state index contributed by atoms with van der Waals surface area (Å²) >= 11 is 0. The van der Waals surface area contributed by atoms with E-state index in [-0.39, 0.29) is 17.3 Å². The molecule has 0 saturated heterocycles. The predicted molar refractivity (Wildman–Crippen MR) is 125 cm³/mol. The summed E-state index contributed by atoms with van der Waals surface area (Å²) in [6.45, 7) is 12.8. The van der Waals surface area contributed by atoms with E-state index >= 15 is 0 Å². The number of likely N-dealkylation sites (N-methyl/N-ethyl adjacent to an activating group) is 1. The molecule has 1 aromatic carbocycles. The van der Waals surface area contributed by atoms with E-state index in [0.717, 1.165) is 12.1 Å². The Bertz CT molecular complexity index is 1020. The number of nitrogens with two attached hydrogens (primary N) is 1. The molecule has 0 amide bonds. The zero-order chi connectivity index (χ0) is 25.9. The van der Waals surface area contributed by atoms with E-state index < -0.39 is 43.5 Å². The number of anilines is 1. The number of hydrogen-bond donors (Lipinski definition) is 2. The van der Waals surface area contributed by atoms with Gasteiger partial charge in [-0.05, 0) is 56.3 Å². The van der Waals surface area contributed by atoms with Gasteiger partial charge in [0.1, 0.15) is 4.90 Å². The lowest BCUT2D eigenvalue weighted by Gasteiger charge is -2.36. The number of hydrogen-bond acceptors (Lipinski definition) is 7. The van der Waals surface area contributed by atoms with Gasteiger partial charge < -0.3 is 14.6 Å². The topological polar surface area (TPSA) is 119 Å². The molecule has 0 aromatic heterocycles. The van der Waals surface area contributed by atoms with E-state index in [4.69, 9.17) is 9.56 Å². The Balaban J connectivity index is 2.78. The van der Waals surface area contributed by atoms with Crippen molar-refractivity contribution in [1.82, 2.24) is 4.90 Å². The maximum atomic E-state index is 13.1. The molecule has 0 radical (unpaired) electrons. The second kappa shape index (κ2) is 10.6. The maximum absolute atomic E-state index is 13.1. The van der Waals surface area contributed by atoms with E-state index in [9.17, 15) is 30.0 Å². The molecule has 1 rings (SSSR count). The van der Waals surface area contributed by atoms with Gasteiger partial charge in [0.25, 0.3) is 9.84 Å². The molecule has 3 N–H and O–H groups in total. The van der Waals surface area contributed by atoms with Crippen molar-refractivity contribution in [3.8, 4) is 0 Å². The molecule has 192 valence electrons. The van der Waals surface area contributed by atoms with Gasteiger partial charge in [-0.3, -0.25) is 0 Å². The Morgan fingerprint density at radius 2 is 1.67 bits per heavy atom. The fourth-order valence-corrected chi connectivity index (χ4v) is 5.14. The molecule has 0 aliphatic rings. The van der Waals surface area contributed by atoms with Crippen LogP contribution in [0.2, 0.25) is 18.1 Å². The molecule has 0 aliphatic carbocycles. The number of sulfone groups is 1. The molecule has 33 heavy (non-hydrogen) atoms. The Morgan fingerprint density at radius 3 is 2.15 bits per heavy atom. The van der Waals surface area contributed by atoms with Gasteiger partial charge >= 0.3 is 5.51 Å². The van der Waals surface area contributed by atoms with Gasteiger partial charge in [-0.25, -0.2) is 22.0 Å². The van der Waals surface area contributed by atoms with Crippen LogP contribution >= 0.6 is 0 Å². The predicted octanol–water partition coefficient (Wildman–Crippen LogP) is 3.38. The Labute approximate surface area is 195 Å². The number of halogens is 3. The van der Waals surface area contributed by atoms with Crippen LogP contribution in [0.5, 0.6) is 0 Å². The van der Waals surface area contributed by atoms with Gasteiger partial charge in [0.2, 0.25) is 10.0 Å². The van der Waals surface area contributed by atoms with Crippen LogP contribution < -0.4 is 10.5 Å². The number of benzene rings is 1. The highest BCUT2D eigenvalue weighted by atomic mass is 32.2. The van der Waals surface area contributed by atoms with Crippen LogP contribution in [-0.2, 0) is 24.3 Å². The molecule has 0 fully saturated rings. The van der Waals surface area contributed by atoms with Gasteiger partial charge in [0.05, 0.1) is 10.6 Å². The summed E-state index contributed by atoms with van der Waals surface area (Å²) in [6.07, 6.45) is 0.499. The first-order valence-corrected chi connectivity index (χ1v) is 16.2. The summed E-state index contributed by atoms with van der Waals surface area (Å²) in [5, 5.41) is 7.70. The molecule has 0 atom stereocenters. The zero-order valence-corrected chi connectivity index (χ0v) is 22.4. The van der Waals surface area contributed by atoms with Crippen molar-refractivity contribution in [3.05, 3.63) is 18.2 Å². The second-order valence-electron chi connectivity index (χ2n) is 9.34. The molecular weight excluding hydrogens is 499 g/mol. The van der Waals surface area contributed by atoms with Gasteiger partial charge in [-0.1, -0.05) is 20.8 Å². The molecule has 0 aliphatic heterocycles. The third-order valence-electron chi connectivity index (χ3n) is 5.65. The Hall–Kier alpha value is -1.19. The summed E-state index contributed by atoms with van der Waals surface area (Å²) in [5.74, 6) is 0. The van der Waals surface area contributed by atoms with Crippen LogP contribution in [-0.4, -0.2) is 68.9 Å². The van der Waals surface area contributed by atoms with Gasteiger partial charge in [0, 0.05) is 19.7 Å². The number of primary sulfonamides is 1. The summed E-state index contributed by atoms with van der Waals surface area (Å²) in [6, 6.07) is 2.34. The first-order chi connectivity index (χ1) is 14.7. The third-order valence-corrected chi connectivity index (χ3v) is 12.6. The summed E-state index contributed by atoms with van der Waals surface area (Å²) < 4.78 is 92.2. The molecular formula is C19H34F3N3O5S2Si. The number of alkyl halides is 3. The van der Waals surface area contributed by atoms with E-state index in [1.165, 1.54) is 0 Å². The van der Waals surface area contributed by atoms with Crippen molar-refractivity contribution in [2.24, 2.45) is 5.14 Å². The van der Waals surface area contributed by atoms with Gasteiger partial charge in [-0.2, -0.15) is 13.2 Å². The molecule has 8 nitrogen and oxygen atoms in total. The van der Waals surface area contributed by atoms with Crippen molar-refractivity contribution in [2.45, 2.75) is 60.6 Å². The van der Waals surface area contributed by atoms with Gasteiger partial charge in [-0.15, -0.1) is 0 Å². The minimum atomic E-state index is -5.79. The Kier molecular flexibility index (Phi) is 9.59. The second-order valence-corrected chi connectivity index (χ2v) is 17.6. The zero-order valence-electron chi connectivity index (χ0n) is 19.8. The minimum Gasteiger partial charge on any atom is -0.416 e. The monoisotopic (exact) mass is 533 g/mol. The van der Waals surface area contributed by atoms with E-state index in [2.05, 4.69) is 39.2 Å². The third kappa shape index (κ3) is 8.21. The Morgan fingerprint density at radius 1 is 1.09 bits per heavy atom. The van der Waals surface area contributed by atoms with E-state index in [1.54, 1.807) is 0 Å². The quantitative estimate of drug-likeness (QED) is 0.331. The SMILES string of the molecule is CN(CCCNc1ccc(S(N)(=O)=O)cc1S(=O)(=O)C(F)(F)F)CCO[Si](C)(C)C(C)(C)C. The van der Waals surface area contributed by atoms with Crippen molar-refractivity contribution in [1.29, 1.82) is 0 Å². The number of nitrogens with one attached hydrogen (secondary N) is 1. The maximum Gasteiger partial charge on any atom is 0.501 e. The fourth-order valence-electron chi connectivity index (χ4n) is 2.53. The highest BCUT2D eigenvalue weighted by Crippen LogP contribution is 2.37. The van der Waals surface area contributed by atoms with Crippen LogP contribution in [0, 0.1) is 0 Å². The first-order valence-electron chi connectivity index (χ1n) is 10.2. The minimum absolute atomic E-state index is 0.0999. The molecule has 1 aromatic rings. The van der Waals surface area contributed by atoms with Crippen molar-refractivity contribution in [2.75, 3.05) is 38.6 Å². The van der Waals surface area contributed by atoms with E-state index in [0.29, 0.717) is 32.2 Å². The lowest BCUT2D eigenvalue weighted by atomic mass is 10.2. The normalized spacial score (nSPS) is 14.0. The summed E-state index contributed by atoms with van der Waals surface area (Å²) in [7, 11) is -10.1. The van der Waals surface area contributed by atoms with Crippen molar-refractivity contribution in [3.63, 3.8) is 0 Å².